The second-order valence-corrected chi connectivity index (χ2v) is 1.81. The Morgan fingerprint density at radius 3 is 2.80 bits per heavy atom. The number of rotatable bonds is 1. The van der Waals surface area contributed by atoms with Gasteiger partial charge in [-0.15, -0.1) is 0 Å². The molecule has 0 aliphatic carbocycles. The van der Waals surface area contributed by atoms with Gasteiger partial charge in [-0.25, -0.2) is 0 Å². The van der Waals surface area contributed by atoms with E-state index in [-0.39, 0.29) is 16.9 Å². The maximum atomic E-state index is 10.9. The van der Waals surface area contributed by atoms with Crippen molar-refractivity contribution in [2.45, 2.75) is 0 Å². The van der Waals surface area contributed by atoms with Gasteiger partial charge in [0.1, 0.15) is 0 Å². The lowest BCUT2D eigenvalue weighted by Crippen LogP contribution is -2.10. The van der Waals surface area contributed by atoms with Crippen LogP contribution in [0.15, 0.2) is 17.2 Å². The van der Waals surface area contributed by atoms with Crippen LogP contribution >= 0.6 is 0 Å². The van der Waals surface area contributed by atoms with Gasteiger partial charge >= 0.3 is 0 Å². The van der Waals surface area contributed by atoms with Gasteiger partial charge in [-0.3, -0.25) is 4.79 Å². The number of nitrogen functional groups attached to an aromatic ring is 1. The van der Waals surface area contributed by atoms with E-state index in [1.807, 2.05) is 0 Å². The van der Waals surface area contributed by atoms with Crippen molar-refractivity contribution in [3.05, 3.63) is 22.6 Å². The van der Waals surface area contributed by atoms with Crippen molar-refractivity contribution < 1.29 is 4.74 Å². The standard InChI is InChI=1S/C6H8N2O2/c1-10-5-3-8-2-4(7)6(5)9/h2-3H,7H2,1H3,(H,8,9). The topological polar surface area (TPSA) is 68.1 Å². The summed E-state index contributed by atoms with van der Waals surface area (Å²) >= 11 is 0. The van der Waals surface area contributed by atoms with E-state index >= 15 is 0 Å². The molecule has 54 valence electrons. The van der Waals surface area contributed by atoms with Crippen LogP contribution in [0.5, 0.6) is 5.75 Å². The summed E-state index contributed by atoms with van der Waals surface area (Å²) in [7, 11) is 1.42. The lowest BCUT2D eigenvalue weighted by Gasteiger charge is -1.97. The first-order valence-electron chi connectivity index (χ1n) is 2.76. The Morgan fingerprint density at radius 2 is 2.30 bits per heavy atom. The minimum absolute atomic E-state index is 0.166. The Bertz CT molecular complexity index is 279. The molecule has 0 radical (unpaired) electrons. The molecule has 0 atom stereocenters. The number of ether oxygens (including phenoxy) is 1. The van der Waals surface area contributed by atoms with Crippen molar-refractivity contribution in [2.75, 3.05) is 12.8 Å². The van der Waals surface area contributed by atoms with E-state index < -0.39 is 0 Å². The van der Waals surface area contributed by atoms with E-state index in [1.54, 1.807) is 0 Å². The number of nitrogens with one attached hydrogen (secondary N) is 1. The Hall–Kier alpha value is -1.45. The lowest BCUT2D eigenvalue weighted by atomic mass is 10.4. The van der Waals surface area contributed by atoms with Crippen molar-refractivity contribution in [2.24, 2.45) is 0 Å². The summed E-state index contributed by atoms with van der Waals surface area (Å²) in [6, 6.07) is 0. The maximum absolute atomic E-state index is 10.9. The number of aromatic nitrogens is 1. The fourth-order valence-electron chi connectivity index (χ4n) is 0.632. The van der Waals surface area contributed by atoms with Gasteiger partial charge in [-0.2, -0.15) is 0 Å². The molecule has 0 amide bonds. The maximum Gasteiger partial charge on any atom is 0.246 e. The minimum Gasteiger partial charge on any atom is -0.491 e. The highest BCUT2D eigenvalue weighted by Crippen LogP contribution is 2.00. The molecule has 4 nitrogen and oxygen atoms in total. The first kappa shape index (κ1) is 6.67. The first-order valence-corrected chi connectivity index (χ1v) is 2.76. The second-order valence-electron chi connectivity index (χ2n) is 1.81. The van der Waals surface area contributed by atoms with Crippen molar-refractivity contribution in [3.63, 3.8) is 0 Å². The SMILES string of the molecule is COc1c[nH]cc(N)c1=O. The number of hydrogen-bond donors (Lipinski definition) is 2. The number of pyridine rings is 1. The summed E-state index contributed by atoms with van der Waals surface area (Å²) in [5.41, 5.74) is 5.16. The van der Waals surface area contributed by atoms with Gasteiger partial charge in [-0.1, -0.05) is 0 Å². The number of aromatic amines is 1. The van der Waals surface area contributed by atoms with Crippen LogP contribution in [0.1, 0.15) is 0 Å². The first-order chi connectivity index (χ1) is 4.75. The van der Waals surface area contributed by atoms with E-state index in [0.29, 0.717) is 0 Å². The summed E-state index contributed by atoms with van der Waals surface area (Å²) in [4.78, 5) is 13.6. The molecule has 0 unspecified atom stereocenters. The Kier molecular flexibility index (Phi) is 1.62. The molecule has 0 fully saturated rings. The average molecular weight is 140 g/mol. The molecule has 1 aromatic heterocycles. The van der Waals surface area contributed by atoms with Gasteiger partial charge in [0, 0.05) is 12.4 Å². The summed E-state index contributed by atoms with van der Waals surface area (Å²) < 4.78 is 4.70. The van der Waals surface area contributed by atoms with E-state index in [9.17, 15) is 4.79 Å². The Balaban J connectivity index is 3.28. The molecule has 0 saturated carbocycles. The Labute approximate surface area is 57.6 Å². The summed E-state index contributed by atoms with van der Waals surface area (Å²) in [6.07, 6.45) is 2.88. The van der Waals surface area contributed by atoms with Crippen LogP contribution in [0.2, 0.25) is 0 Å². The number of anilines is 1. The van der Waals surface area contributed by atoms with E-state index in [1.165, 1.54) is 19.5 Å². The van der Waals surface area contributed by atoms with Gasteiger partial charge in [-0.05, 0) is 0 Å². The molecule has 0 saturated heterocycles. The minimum atomic E-state index is -0.277. The molecular formula is C6H8N2O2. The van der Waals surface area contributed by atoms with Crippen molar-refractivity contribution in [3.8, 4) is 5.75 Å². The Morgan fingerprint density at radius 1 is 1.60 bits per heavy atom. The van der Waals surface area contributed by atoms with Gasteiger partial charge in [0.05, 0.1) is 12.8 Å². The molecule has 10 heavy (non-hydrogen) atoms. The highest BCUT2D eigenvalue weighted by Gasteiger charge is 1.99. The third-order valence-corrected chi connectivity index (χ3v) is 1.16. The molecule has 1 rings (SSSR count). The molecule has 0 spiro atoms. The number of H-pyrrole nitrogens is 1. The predicted octanol–water partition coefficient (Wildman–Crippen LogP) is -0.0343. The van der Waals surface area contributed by atoms with Gasteiger partial charge < -0.3 is 15.5 Å². The fraction of sp³-hybridized carbons (Fsp3) is 0.167. The van der Waals surface area contributed by atoms with Gasteiger partial charge in [0.2, 0.25) is 5.43 Å². The smallest absolute Gasteiger partial charge is 0.246 e. The van der Waals surface area contributed by atoms with Crippen LogP contribution in [0.4, 0.5) is 5.69 Å². The van der Waals surface area contributed by atoms with Crippen LogP contribution in [0, 0.1) is 0 Å². The molecule has 3 N–H and O–H groups in total. The number of methoxy groups -OCH3 is 1. The van der Waals surface area contributed by atoms with Crippen LogP contribution in [-0.4, -0.2) is 12.1 Å². The van der Waals surface area contributed by atoms with Crippen molar-refractivity contribution in [1.29, 1.82) is 0 Å². The highest BCUT2D eigenvalue weighted by atomic mass is 16.5. The molecule has 1 heterocycles. The molecule has 0 aliphatic rings. The molecule has 4 heteroatoms. The fourth-order valence-corrected chi connectivity index (χ4v) is 0.632. The molecule has 0 aromatic carbocycles. The summed E-state index contributed by atoms with van der Waals surface area (Å²) in [5, 5.41) is 0. The number of nitrogens with two attached hydrogens (primary N) is 1. The average Bonchev–Trinajstić information content (AvgIpc) is 1.95. The third kappa shape index (κ3) is 0.953. The van der Waals surface area contributed by atoms with E-state index in [0.717, 1.165) is 0 Å². The predicted molar refractivity (Wildman–Crippen MR) is 38.0 cm³/mol. The zero-order valence-electron chi connectivity index (χ0n) is 5.55. The second kappa shape index (κ2) is 2.43. The van der Waals surface area contributed by atoms with Crippen molar-refractivity contribution >= 4 is 5.69 Å². The quantitative estimate of drug-likeness (QED) is 0.575. The van der Waals surface area contributed by atoms with Crippen LogP contribution in [-0.2, 0) is 0 Å². The largest absolute Gasteiger partial charge is 0.491 e. The summed E-state index contributed by atoms with van der Waals surface area (Å²) in [6.45, 7) is 0. The summed E-state index contributed by atoms with van der Waals surface area (Å²) in [5.74, 6) is 0.236. The van der Waals surface area contributed by atoms with E-state index in [4.69, 9.17) is 10.5 Å². The normalized spacial score (nSPS) is 9.30. The third-order valence-electron chi connectivity index (χ3n) is 1.16. The lowest BCUT2D eigenvalue weighted by molar-refractivity contribution is 0.409. The molecular weight excluding hydrogens is 132 g/mol. The van der Waals surface area contributed by atoms with Crippen LogP contribution < -0.4 is 15.9 Å². The zero-order valence-corrected chi connectivity index (χ0v) is 5.55. The van der Waals surface area contributed by atoms with Gasteiger partial charge in [0.25, 0.3) is 0 Å². The highest BCUT2D eigenvalue weighted by molar-refractivity contribution is 5.39. The number of hydrogen-bond acceptors (Lipinski definition) is 3. The monoisotopic (exact) mass is 140 g/mol. The van der Waals surface area contributed by atoms with Crippen LogP contribution in [0.3, 0.4) is 0 Å². The van der Waals surface area contributed by atoms with E-state index in [2.05, 4.69) is 4.98 Å². The van der Waals surface area contributed by atoms with Crippen molar-refractivity contribution in [1.82, 2.24) is 4.98 Å². The van der Waals surface area contributed by atoms with Gasteiger partial charge in [0.15, 0.2) is 5.75 Å². The zero-order chi connectivity index (χ0) is 7.56. The molecule has 0 bridgehead atoms. The molecule has 1 aromatic rings. The molecule has 0 aliphatic heterocycles. The van der Waals surface area contributed by atoms with Crippen LogP contribution in [0.25, 0.3) is 0 Å².